The van der Waals surface area contributed by atoms with Gasteiger partial charge in [0.1, 0.15) is 17.6 Å². The van der Waals surface area contributed by atoms with Crippen LogP contribution < -0.4 is 20.1 Å². The second kappa shape index (κ2) is 12.5. The molecule has 0 spiro atoms. The lowest BCUT2D eigenvalue weighted by Crippen LogP contribution is -2.61. The first kappa shape index (κ1) is 29.7. The van der Waals surface area contributed by atoms with Crippen LogP contribution in [0, 0.1) is 22.7 Å². The topological polar surface area (TPSA) is 126 Å². The van der Waals surface area contributed by atoms with Crippen molar-refractivity contribution < 1.29 is 34.0 Å². The second-order valence-corrected chi connectivity index (χ2v) is 11.6. The molecule has 2 aromatic rings. The number of fused-ring (bicyclic) bond motifs is 1. The van der Waals surface area contributed by atoms with Crippen LogP contribution in [-0.2, 0) is 16.1 Å². The highest BCUT2D eigenvalue weighted by Crippen LogP contribution is 2.61. The fourth-order valence-corrected chi connectivity index (χ4v) is 7.07. The molecule has 9 heteroatoms. The molecular formula is C31H42N2O7. The number of carbonyl (C=O) groups excluding carboxylic acids is 2. The Balaban J connectivity index is 1.45. The van der Waals surface area contributed by atoms with E-state index in [1.165, 1.54) is 0 Å². The van der Waals surface area contributed by atoms with E-state index in [2.05, 4.69) is 17.6 Å². The second-order valence-electron chi connectivity index (χ2n) is 11.6. The number of carbonyl (C=O) groups is 2. The van der Waals surface area contributed by atoms with Crippen molar-refractivity contribution in [1.29, 1.82) is 0 Å². The molecular weight excluding hydrogens is 512 g/mol. The predicted octanol–water partition coefficient (Wildman–Crippen LogP) is 4.51. The van der Waals surface area contributed by atoms with Crippen molar-refractivity contribution in [3.05, 3.63) is 54.1 Å². The molecule has 218 valence electrons. The summed E-state index contributed by atoms with van der Waals surface area (Å²) in [5, 5.41) is 27.5. The van der Waals surface area contributed by atoms with E-state index >= 15 is 0 Å². The quantitative estimate of drug-likeness (QED) is 0.359. The molecule has 0 radical (unpaired) electrons. The van der Waals surface area contributed by atoms with Gasteiger partial charge in [-0.3, -0.25) is 10.1 Å². The van der Waals surface area contributed by atoms with Crippen LogP contribution in [0.3, 0.4) is 0 Å². The van der Waals surface area contributed by atoms with Crippen LogP contribution in [0.4, 0.5) is 10.5 Å². The summed E-state index contributed by atoms with van der Waals surface area (Å²) in [5.41, 5.74) is 0.283. The van der Waals surface area contributed by atoms with Crippen molar-refractivity contribution >= 4 is 17.7 Å². The number of amides is 2. The Kier molecular flexibility index (Phi) is 9.26. The van der Waals surface area contributed by atoms with Crippen LogP contribution in [-0.4, -0.2) is 55.2 Å². The van der Waals surface area contributed by atoms with E-state index in [9.17, 15) is 19.8 Å². The highest BCUT2D eigenvalue weighted by Gasteiger charge is 2.60. The Morgan fingerprint density at radius 3 is 2.52 bits per heavy atom. The lowest BCUT2D eigenvalue weighted by molar-refractivity contribution is -0.185. The summed E-state index contributed by atoms with van der Waals surface area (Å²) in [6.45, 7) is 4.22. The molecule has 0 aromatic heterocycles. The number of ether oxygens (including phenoxy) is 3. The number of aliphatic hydroxyl groups is 2. The Hall–Kier alpha value is -3.30. The molecule has 2 fully saturated rings. The van der Waals surface area contributed by atoms with Crippen LogP contribution in [0.25, 0.3) is 0 Å². The van der Waals surface area contributed by atoms with Gasteiger partial charge in [0, 0.05) is 35.7 Å². The van der Waals surface area contributed by atoms with Crippen molar-refractivity contribution in [2.45, 2.75) is 64.7 Å². The molecule has 0 heterocycles. The minimum atomic E-state index is -0.731. The van der Waals surface area contributed by atoms with Crippen LogP contribution in [0.5, 0.6) is 11.5 Å². The van der Waals surface area contributed by atoms with Gasteiger partial charge in [-0.1, -0.05) is 38.1 Å². The standard InChI is InChI=1S/C31H42N2O7/c1-30-15-14-27(40-29(37)33-21-9-7-10-22(16-21)38-3)31(2,19-34)26(30)13-12-24(35)23(30)17-28(36)32-18-20-8-5-6-11-25(20)39-4/h5-11,16,23-24,26-27,34-35H,12-15,17-19H2,1-4H3,(H,32,36)(H,33,37)/t23-,24-,26+,27-,30+,31+/m1/s1. The molecule has 0 bridgehead atoms. The van der Waals surface area contributed by atoms with Crippen LogP contribution in [0.2, 0.25) is 0 Å². The van der Waals surface area contributed by atoms with E-state index in [0.717, 1.165) is 5.56 Å². The number of benzene rings is 2. The van der Waals surface area contributed by atoms with E-state index in [4.69, 9.17) is 14.2 Å². The van der Waals surface area contributed by atoms with Gasteiger partial charge in [-0.15, -0.1) is 0 Å². The van der Waals surface area contributed by atoms with Gasteiger partial charge in [0.25, 0.3) is 0 Å². The normalized spacial score (nSPS) is 29.6. The number of methoxy groups -OCH3 is 2. The summed E-state index contributed by atoms with van der Waals surface area (Å²) in [5.74, 6) is 0.842. The third-order valence-corrected chi connectivity index (χ3v) is 9.32. The lowest BCUT2D eigenvalue weighted by atomic mass is 9.46. The number of anilines is 1. The Morgan fingerprint density at radius 1 is 1.02 bits per heavy atom. The Morgan fingerprint density at radius 2 is 1.80 bits per heavy atom. The van der Waals surface area contributed by atoms with Gasteiger partial charge in [0.15, 0.2) is 0 Å². The molecule has 2 aromatic carbocycles. The molecule has 2 saturated carbocycles. The Bertz CT molecular complexity index is 1190. The van der Waals surface area contributed by atoms with E-state index in [0.29, 0.717) is 49.4 Å². The number of nitrogens with one attached hydrogen (secondary N) is 2. The maximum atomic E-state index is 13.1. The summed E-state index contributed by atoms with van der Waals surface area (Å²) < 4.78 is 16.5. The minimum Gasteiger partial charge on any atom is -0.497 e. The lowest BCUT2D eigenvalue weighted by Gasteiger charge is -2.60. The maximum Gasteiger partial charge on any atom is 0.411 e. The smallest absolute Gasteiger partial charge is 0.411 e. The molecule has 2 aliphatic carbocycles. The van der Waals surface area contributed by atoms with Gasteiger partial charge in [0.2, 0.25) is 5.91 Å². The number of aliphatic hydroxyl groups excluding tert-OH is 2. The van der Waals surface area contributed by atoms with Crippen molar-refractivity contribution in [2.24, 2.45) is 22.7 Å². The highest BCUT2D eigenvalue weighted by molar-refractivity contribution is 5.85. The van der Waals surface area contributed by atoms with Gasteiger partial charge in [-0.05, 0) is 61.1 Å². The van der Waals surface area contributed by atoms with Crippen molar-refractivity contribution in [2.75, 3.05) is 26.1 Å². The average Bonchev–Trinajstić information content (AvgIpc) is 2.95. The molecule has 0 aliphatic heterocycles. The zero-order valence-corrected chi connectivity index (χ0v) is 23.8. The van der Waals surface area contributed by atoms with Crippen molar-refractivity contribution in [3.8, 4) is 11.5 Å². The van der Waals surface area contributed by atoms with Crippen LogP contribution in [0.1, 0.15) is 51.5 Å². The van der Waals surface area contributed by atoms with Gasteiger partial charge in [0.05, 0.1) is 26.9 Å². The zero-order chi connectivity index (χ0) is 28.9. The third-order valence-electron chi connectivity index (χ3n) is 9.32. The fraction of sp³-hybridized carbons (Fsp3) is 0.548. The average molecular weight is 555 g/mol. The minimum absolute atomic E-state index is 0.0520. The summed E-state index contributed by atoms with van der Waals surface area (Å²) >= 11 is 0. The number of rotatable bonds is 9. The summed E-state index contributed by atoms with van der Waals surface area (Å²) in [7, 11) is 3.16. The monoisotopic (exact) mass is 554 g/mol. The molecule has 0 unspecified atom stereocenters. The SMILES string of the molecule is COc1cccc(NC(=O)O[C@@H]2CC[C@]3(C)[C@H](CC[C@@H](O)[C@H]3CC(=O)NCc3ccccc3OC)[C@]2(C)CO)c1. The first-order chi connectivity index (χ1) is 19.1. The first-order valence-electron chi connectivity index (χ1n) is 13.9. The van der Waals surface area contributed by atoms with Gasteiger partial charge in [-0.25, -0.2) is 4.79 Å². The molecule has 4 N–H and O–H groups in total. The molecule has 2 aliphatic rings. The summed E-state index contributed by atoms with van der Waals surface area (Å²) in [6.07, 6.45) is 0.797. The van der Waals surface area contributed by atoms with Gasteiger partial charge < -0.3 is 29.7 Å². The zero-order valence-electron chi connectivity index (χ0n) is 23.8. The van der Waals surface area contributed by atoms with E-state index in [1.54, 1.807) is 38.5 Å². The molecule has 0 saturated heterocycles. The van der Waals surface area contributed by atoms with Gasteiger partial charge >= 0.3 is 6.09 Å². The van der Waals surface area contributed by atoms with Crippen molar-refractivity contribution in [1.82, 2.24) is 5.32 Å². The van der Waals surface area contributed by atoms with E-state index < -0.39 is 29.1 Å². The van der Waals surface area contributed by atoms with Crippen LogP contribution >= 0.6 is 0 Å². The summed E-state index contributed by atoms with van der Waals surface area (Å²) in [6, 6.07) is 14.6. The third kappa shape index (κ3) is 6.05. The predicted molar refractivity (Wildman–Crippen MR) is 151 cm³/mol. The fourth-order valence-electron chi connectivity index (χ4n) is 7.07. The van der Waals surface area contributed by atoms with E-state index in [1.807, 2.05) is 31.2 Å². The first-order valence-corrected chi connectivity index (χ1v) is 13.9. The molecule has 40 heavy (non-hydrogen) atoms. The highest BCUT2D eigenvalue weighted by atomic mass is 16.6. The number of hydrogen-bond acceptors (Lipinski definition) is 7. The molecule has 9 nitrogen and oxygen atoms in total. The molecule has 4 rings (SSSR count). The van der Waals surface area contributed by atoms with Gasteiger partial charge in [-0.2, -0.15) is 0 Å². The maximum absolute atomic E-state index is 13.1. The van der Waals surface area contributed by atoms with E-state index in [-0.39, 0.29) is 30.8 Å². The molecule has 6 atom stereocenters. The largest absolute Gasteiger partial charge is 0.497 e. The molecule has 2 amide bonds. The number of hydrogen-bond donors (Lipinski definition) is 4. The van der Waals surface area contributed by atoms with Crippen molar-refractivity contribution in [3.63, 3.8) is 0 Å². The number of para-hydroxylation sites is 1. The van der Waals surface area contributed by atoms with Crippen LogP contribution in [0.15, 0.2) is 48.5 Å². The Labute approximate surface area is 236 Å². The summed E-state index contributed by atoms with van der Waals surface area (Å²) in [4.78, 5) is 26.0.